The Labute approximate surface area is 116 Å². The lowest BCUT2D eigenvalue weighted by atomic mass is 9.99. The first-order chi connectivity index (χ1) is 9.74. The van der Waals surface area contributed by atoms with Crippen LogP contribution in [0.1, 0.15) is 21.5 Å². The minimum atomic E-state index is -0.264. The first-order valence-corrected chi connectivity index (χ1v) is 6.51. The van der Waals surface area contributed by atoms with Crippen molar-refractivity contribution in [3.63, 3.8) is 0 Å². The Kier molecular flexibility index (Phi) is 3.35. The molecular weight excluding hydrogens is 254 g/mol. The lowest BCUT2D eigenvalue weighted by Gasteiger charge is -2.20. The summed E-state index contributed by atoms with van der Waals surface area (Å²) in [5, 5.41) is 15.6. The van der Waals surface area contributed by atoms with Crippen LogP contribution in [0.5, 0.6) is 5.75 Å². The molecule has 2 heterocycles. The molecule has 102 valence electrons. The van der Waals surface area contributed by atoms with E-state index < -0.39 is 0 Å². The Morgan fingerprint density at radius 3 is 3.10 bits per heavy atom. The van der Waals surface area contributed by atoms with Crippen LogP contribution in [0.3, 0.4) is 0 Å². The predicted molar refractivity (Wildman–Crippen MR) is 75.7 cm³/mol. The standard InChI is InChI=1S/C15H15N3O2/c19-12-6-11(8-17-9-12)15(20)18-14-3-1-2-10-7-16-5-4-13(10)14/h1-3,6,8-9,16,19H,4-5,7H2,(H,18,20). The van der Waals surface area contributed by atoms with E-state index in [4.69, 9.17) is 0 Å². The average molecular weight is 269 g/mol. The minimum absolute atomic E-state index is 0.0167. The summed E-state index contributed by atoms with van der Waals surface area (Å²) in [6.45, 7) is 1.74. The number of hydrogen-bond acceptors (Lipinski definition) is 4. The van der Waals surface area contributed by atoms with Crippen LogP contribution in [0.2, 0.25) is 0 Å². The smallest absolute Gasteiger partial charge is 0.257 e. The highest BCUT2D eigenvalue weighted by Gasteiger charge is 2.15. The van der Waals surface area contributed by atoms with Crippen LogP contribution < -0.4 is 10.6 Å². The van der Waals surface area contributed by atoms with Crippen molar-refractivity contribution in [3.8, 4) is 5.75 Å². The van der Waals surface area contributed by atoms with Gasteiger partial charge in [0.1, 0.15) is 5.75 Å². The number of aromatic nitrogens is 1. The zero-order chi connectivity index (χ0) is 13.9. The number of benzene rings is 1. The third kappa shape index (κ3) is 2.48. The second-order valence-corrected chi connectivity index (χ2v) is 4.76. The highest BCUT2D eigenvalue weighted by atomic mass is 16.3. The molecule has 1 aromatic heterocycles. The summed E-state index contributed by atoms with van der Waals surface area (Å²) in [6, 6.07) is 7.30. The molecule has 0 saturated heterocycles. The van der Waals surface area contributed by atoms with Gasteiger partial charge in [-0.25, -0.2) is 0 Å². The fourth-order valence-corrected chi connectivity index (χ4v) is 2.40. The van der Waals surface area contributed by atoms with Crippen molar-refractivity contribution in [2.24, 2.45) is 0 Å². The van der Waals surface area contributed by atoms with Gasteiger partial charge in [0.15, 0.2) is 0 Å². The van der Waals surface area contributed by atoms with Crippen molar-refractivity contribution >= 4 is 11.6 Å². The van der Waals surface area contributed by atoms with Gasteiger partial charge in [0.2, 0.25) is 0 Å². The molecule has 1 aliphatic rings. The fraction of sp³-hybridized carbons (Fsp3) is 0.200. The summed E-state index contributed by atoms with van der Waals surface area (Å²) < 4.78 is 0. The molecule has 1 aliphatic heterocycles. The molecule has 0 bridgehead atoms. The molecule has 0 spiro atoms. The zero-order valence-electron chi connectivity index (χ0n) is 10.9. The van der Waals surface area contributed by atoms with Crippen molar-refractivity contribution in [1.82, 2.24) is 10.3 Å². The number of hydrogen-bond donors (Lipinski definition) is 3. The normalized spacial score (nSPS) is 13.6. The molecule has 0 aliphatic carbocycles. The van der Waals surface area contributed by atoms with E-state index in [9.17, 15) is 9.90 Å². The lowest BCUT2D eigenvalue weighted by molar-refractivity contribution is 0.102. The molecule has 3 rings (SSSR count). The molecule has 0 atom stereocenters. The third-order valence-corrected chi connectivity index (χ3v) is 3.37. The number of nitrogens with zero attached hydrogens (tertiary/aromatic N) is 1. The molecule has 5 nitrogen and oxygen atoms in total. The summed E-state index contributed by atoms with van der Waals surface area (Å²) in [6.07, 6.45) is 3.63. The maximum Gasteiger partial charge on any atom is 0.257 e. The van der Waals surface area contributed by atoms with Gasteiger partial charge < -0.3 is 15.7 Å². The Morgan fingerprint density at radius 2 is 2.25 bits per heavy atom. The van der Waals surface area contributed by atoms with Crippen molar-refractivity contribution in [3.05, 3.63) is 53.3 Å². The van der Waals surface area contributed by atoms with Crippen molar-refractivity contribution in [1.29, 1.82) is 0 Å². The van der Waals surface area contributed by atoms with Gasteiger partial charge in [-0.2, -0.15) is 0 Å². The van der Waals surface area contributed by atoms with Crippen LogP contribution in [0.4, 0.5) is 5.69 Å². The van der Waals surface area contributed by atoms with Crippen LogP contribution in [-0.4, -0.2) is 22.5 Å². The maximum atomic E-state index is 12.2. The van der Waals surface area contributed by atoms with E-state index in [1.165, 1.54) is 29.6 Å². The fourth-order valence-electron chi connectivity index (χ4n) is 2.40. The van der Waals surface area contributed by atoms with Gasteiger partial charge in [0.05, 0.1) is 11.8 Å². The SMILES string of the molecule is O=C(Nc1cccc2c1CCNC2)c1cncc(O)c1. The molecule has 5 heteroatoms. The molecule has 3 N–H and O–H groups in total. The van der Waals surface area contributed by atoms with E-state index in [0.29, 0.717) is 5.56 Å². The summed E-state index contributed by atoms with van der Waals surface area (Å²) in [5.41, 5.74) is 3.56. The largest absolute Gasteiger partial charge is 0.506 e. The van der Waals surface area contributed by atoms with Crippen LogP contribution >= 0.6 is 0 Å². The molecule has 0 saturated carbocycles. The van der Waals surface area contributed by atoms with Gasteiger partial charge >= 0.3 is 0 Å². The highest BCUT2D eigenvalue weighted by molar-refractivity contribution is 6.04. The predicted octanol–water partition coefficient (Wildman–Crippen LogP) is 1.69. The van der Waals surface area contributed by atoms with Crippen LogP contribution in [0, 0.1) is 0 Å². The second-order valence-electron chi connectivity index (χ2n) is 4.76. The molecule has 1 amide bonds. The molecule has 2 aromatic rings. The summed E-state index contributed by atoms with van der Waals surface area (Å²) in [7, 11) is 0. The van der Waals surface area contributed by atoms with Crippen LogP contribution in [0.25, 0.3) is 0 Å². The molecule has 0 radical (unpaired) electrons. The number of carbonyl (C=O) groups is 1. The number of fused-ring (bicyclic) bond motifs is 1. The average Bonchev–Trinajstić information content (AvgIpc) is 2.47. The third-order valence-electron chi connectivity index (χ3n) is 3.37. The maximum absolute atomic E-state index is 12.2. The van der Waals surface area contributed by atoms with Crippen LogP contribution in [-0.2, 0) is 13.0 Å². The number of amides is 1. The van der Waals surface area contributed by atoms with Crippen molar-refractivity contribution in [2.45, 2.75) is 13.0 Å². The minimum Gasteiger partial charge on any atom is -0.506 e. The number of nitrogens with one attached hydrogen (secondary N) is 2. The summed E-state index contributed by atoms with van der Waals surface area (Å²) >= 11 is 0. The quantitative estimate of drug-likeness (QED) is 0.775. The van der Waals surface area contributed by atoms with Gasteiger partial charge in [-0.3, -0.25) is 9.78 Å². The Balaban J connectivity index is 1.86. The number of rotatable bonds is 2. The Hall–Kier alpha value is -2.40. The highest BCUT2D eigenvalue weighted by Crippen LogP contribution is 2.23. The molecule has 0 fully saturated rings. The first-order valence-electron chi connectivity index (χ1n) is 6.51. The number of pyridine rings is 1. The number of aromatic hydroxyl groups is 1. The van der Waals surface area contributed by atoms with Gasteiger partial charge in [-0.05, 0) is 36.2 Å². The molecule has 20 heavy (non-hydrogen) atoms. The Bertz CT molecular complexity index is 655. The summed E-state index contributed by atoms with van der Waals surface area (Å²) in [4.78, 5) is 16.0. The van der Waals surface area contributed by atoms with Gasteiger partial charge in [0, 0.05) is 18.4 Å². The monoisotopic (exact) mass is 269 g/mol. The topological polar surface area (TPSA) is 74.2 Å². The molecule has 1 aromatic carbocycles. The first kappa shape index (κ1) is 12.6. The van der Waals surface area contributed by atoms with E-state index in [1.807, 2.05) is 12.1 Å². The van der Waals surface area contributed by atoms with Crippen LogP contribution in [0.15, 0.2) is 36.7 Å². The molecule has 0 unspecified atom stereocenters. The molecular formula is C15H15N3O2. The van der Waals surface area contributed by atoms with Crippen molar-refractivity contribution < 1.29 is 9.90 Å². The van der Waals surface area contributed by atoms with E-state index in [-0.39, 0.29) is 11.7 Å². The van der Waals surface area contributed by atoms with Crippen molar-refractivity contribution in [2.75, 3.05) is 11.9 Å². The summed E-state index contributed by atoms with van der Waals surface area (Å²) in [5.74, 6) is -0.280. The number of carbonyl (C=O) groups excluding carboxylic acids is 1. The van der Waals surface area contributed by atoms with Gasteiger partial charge in [-0.1, -0.05) is 12.1 Å². The van der Waals surface area contributed by atoms with Gasteiger partial charge in [-0.15, -0.1) is 0 Å². The van der Waals surface area contributed by atoms with E-state index >= 15 is 0 Å². The second kappa shape index (κ2) is 5.30. The lowest BCUT2D eigenvalue weighted by Crippen LogP contribution is -2.25. The van der Waals surface area contributed by atoms with E-state index in [0.717, 1.165) is 25.2 Å². The van der Waals surface area contributed by atoms with E-state index in [1.54, 1.807) is 0 Å². The number of anilines is 1. The Morgan fingerprint density at radius 1 is 1.35 bits per heavy atom. The van der Waals surface area contributed by atoms with Gasteiger partial charge in [0.25, 0.3) is 5.91 Å². The zero-order valence-corrected chi connectivity index (χ0v) is 10.9. The van der Waals surface area contributed by atoms with E-state index in [2.05, 4.69) is 21.7 Å².